The van der Waals surface area contributed by atoms with Crippen LogP contribution in [0.3, 0.4) is 0 Å². The highest BCUT2D eigenvalue weighted by Gasteiger charge is 2.43. The normalized spacial score (nSPS) is 22.6. The van der Waals surface area contributed by atoms with Gasteiger partial charge in [0.1, 0.15) is 5.75 Å². The highest BCUT2D eigenvalue weighted by Crippen LogP contribution is 2.22. The van der Waals surface area contributed by atoms with E-state index in [9.17, 15) is 14.7 Å². The van der Waals surface area contributed by atoms with Crippen LogP contribution in [0, 0.1) is 0 Å². The number of hydrogen-bond donors (Lipinski definition) is 3. The maximum absolute atomic E-state index is 12.3. The van der Waals surface area contributed by atoms with Gasteiger partial charge in [0.15, 0.2) is 5.60 Å². The van der Waals surface area contributed by atoms with Gasteiger partial charge in [0, 0.05) is 19.6 Å². The van der Waals surface area contributed by atoms with Crippen LogP contribution in [0.15, 0.2) is 24.3 Å². The number of benzene rings is 1. The fraction of sp³-hybridized carbons (Fsp3) is 0.500. The number of β-amino-alcohol motifs (C(OH)–C–C–N with tert-alkyl or cyclic N) is 1. The van der Waals surface area contributed by atoms with E-state index < -0.39 is 17.6 Å². The highest BCUT2D eigenvalue weighted by atomic mass is 16.5. The second-order valence-corrected chi connectivity index (χ2v) is 5.86. The van der Waals surface area contributed by atoms with Crippen molar-refractivity contribution in [1.29, 1.82) is 0 Å². The Balaban J connectivity index is 1.89. The van der Waals surface area contributed by atoms with Gasteiger partial charge in [0.05, 0.1) is 13.2 Å². The molecule has 1 fully saturated rings. The number of nitrogens with two attached hydrogens (primary N) is 1. The molecule has 7 heteroatoms. The van der Waals surface area contributed by atoms with Gasteiger partial charge in [-0.05, 0) is 31.0 Å². The lowest BCUT2D eigenvalue weighted by Gasteiger charge is -2.25. The molecule has 1 heterocycles. The van der Waals surface area contributed by atoms with Gasteiger partial charge in [0.25, 0.3) is 5.91 Å². The largest absolute Gasteiger partial charge is 0.497 e. The summed E-state index contributed by atoms with van der Waals surface area (Å²) >= 11 is 0. The molecule has 2 atom stereocenters. The van der Waals surface area contributed by atoms with Crippen molar-refractivity contribution in [3.8, 4) is 5.75 Å². The van der Waals surface area contributed by atoms with Crippen LogP contribution >= 0.6 is 0 Å². The van der Waals surface area contributed by atoms with Crippen molar-refractivity contribution in [2.45, 2.75) is 31.5 Å². The summed E-state index contributed by atoms with van der Waals surface area (Å²) in [4.78, 5) is 25.3. The average molecular weight is 321 g/mol. The molecule has 1 aliphatic heterocycles. The molecule has 0 aliphatic carbocycles. The summed E-state index contributed by atoms with van der Waals surface area (Å²) in [6, 6.07) is 7.00. The number of methoxy groups -OCH3 is 1. The van der Waals surface area contributed by atoms with Gasteiger partial charge >= 0.3 is 0 Å². The Bertz CT molecular complexity index is 592. The molecule has 0 saturated carbocycles. The molecule has 1 saturated heterocycles. The van der Waals surface area contributed by atoms with Gasteiger partial charge in [-0.3, -0.25) is 14.5 Å². The Labute approximate surface area is 135 Å². The van der Waals surface area contributed by atoms with E-state index in [1.54, 1.807) is 18.9 Å². The molecule has 1 aromatic carbocycles. The Kier molecular flexibility index (Phi) is 5.23. The number of hydrogen-bond acceptors (Lipinski definition) is 5. The Morgan fingerprint density at radius 2 is 2.26 bits per heavy atom. The monoisotopic (exact) mass is 321 g/mol. The van der Waals surface area contributed by atoms with E-state index in [1.807, 2.05) is 24.3 Å². The molecule has 23 heavy (non-hydrogen) atoms. The third kappa shape index (κ3) is 4.00. The third-order valence-corrected chi connectivity index (χ3v) is 4.26. The summed E-state index contributed by atoms with van der Waals surface area (Å²) in [5.41, 5.74) is 4.59. The average Bonchev–Trinajstić information content (AvgIpc) is 2.96. The number of ether oxygens (including phenoxy) is 1. The quantitative estimate of drug-likeness (QED) is 0.662. The Hall–Kier alpha value is -2.12. The first-order chi connectivity index (χ1) is 10.9. The number of amides is 2. The SMILES string of the molecule is COc1cccc(CNC(=O)[C@H](C)N2CC[C@@](O)(C(N)=O)C2)c1. The van der Waals surface area contributed by atoms with Crippen LogP contribution in [0.2, 0.25) is 0 Å². The van der Waals surface area contributed by atoms with Crippen LogP contribution < -0.4 is 15.8 Å². The van der Waals surface area contributed by atoms with Crippen LogP contribution in [0.5, 0.6) is 5.75 Å². The number of carbonyl (C=O) groups excluding carboxylic acids is 2. The number of carbonyl (C=O) groups is 2. The van der Waals surface area contributed by atoms with Gasteiger partial charge in [-0.2, -0.15) is 0 Å². The maximum Gasteiger partial charge on any atom is 0.250 e. The number of primary amides is 1. The lowest BCUT2D eigenvalue weighted by molar-refractivity contribution is -0.136. The number of aliphatic hydroxyl groups is 1. The minimum atomic E-state index is -1.54. The zero-order chi connectivity index (χ0) is 17.0. The van der Waals surface area contributed by atoms with E-state index in [0.717, 1.165) is 11.3 Å². The van der Waals surface area contributed by atoms with E-state index in [1.165, 1.54) is 0 Å². The molecule has 1 aliphatic rings. The molecule has 0 radical (unpaired) electrons. The van der Waals surface area contributed by atoms with E-state index >= 15 is 0 Å². The van der Waals surface area contributed by atoms with Crippen molar-refractivity contribution >= 4 is 11.8 Å². The molecule has 7 nitrogen and oxygen atoms in total. The first-order valence-electron chi connectivity index (χ1n) is 7.53. The van der Waals surface area contributed by atoms with Crippen molar-refractivity contribution in [2.75, 3.05) is 20.2 Å². The van der Waals surface area contributed by atoms with E-state index in [2.05, 4.69) is 5.32 Å². The van der Waals surface area contributed by atoms with Gasteiger partial charge in [0.2, 0.25) is 5.91 Å². The molecule has 4 N–H and O–H groups in total. The molecule has 0 aromatic heterocycles. The summed E-state index contributed by atoms with van der Waals surface area (Å²) in [5, 5.41) is 12.9. The summed E-state index contributed by atoms with van der Waals surface area (Å²) in [5.74, 6) is -0.179. The molecular formula is C16H23N3O4. The van der Waals surface area contributed by atoms with Crippen LogP contribution in [0.1, 0.15) is 18.9 Å². The van der Waals surface area contributed by atoms with Gasteiger partial charge in [-0.25, -0.2) is 0 Å². The molecule has 0 spiro atoms. The van der Waals surface area contributed by atoms with Gasteiger partial charge in [-0.1, -0.05) is 12.1 Å². The first kappa shape index (κ1) is 17.2. The number of likely N-dealkylation sites (tertiary alicyclic amines) is 1. The van der Waals surface area contributed by atoms with E-state index in [0.29, 0.717) is 13.1 Å². The smallest absolute Gasteiger partial charge is 0.250 e. The third-order valence-electron chi connectivity index (χ3n) is 4.26. The van der Waals surface area contributed by atoms with Crippen molar-refractivity contribution in [3.63, 3.8) is 0 Å². The molecule has 2 rings (SSSR count). The number of nitrogens with zero attached hydrogens (tertiary/aromatic N) is 1. The zero-order valence-corrected chi connectivity index (χ0v) is 13.4. The van der Waals surface area contributed by atoms with Crippen molar-refractivity contribution in [3.05, 3.63) is 29.8 Å². The van der Waals surface area contributed by atoms with Crippen molar-refractivity contribution in [1.82, 2.24) is 10.2 Å². The fourth-order valence-electron chi connectivity index (χ4n) is 2.64. The first-order valence-corrected chi connectivity index (χ1v) is 7.53. The molecule has 0 bridgehead atoms. The lowest BCUT2D eigenvalue weighted by atomic mass is 10.0. The zero-order valence-electron chi connectivity index (χ0n) is 13.4. The predicted octanol–water partition coefficient (Wildman–Crippen LogP) is -0.378. The molecule has 1 aromatic rings. The summed E-state index contributed by atoms with van der Waals surface area (Å²) in [6.45, 7) is 2.66. The maximum atomic E-state index is 12.3. The second kappa shape index (κ2) is 6.97. The lowest BCUT2D eigenvalue weighted by Crippen LogP contribution is -2.49. The molecule has 126 valence electrons. The summed E-state index contributed by atoms with van der Waals surface area (Å²) < 4.78 is 5.14. The minimum absolute atomic E-state index is 0.0794. The van der Waals surface area contributed by atoms with Gasteiger partial charge < -0.3 is 20.9 Å². The highest BCUT2D eigenvalue weighted by molar-refractivity contribution is 5.85. The van der Waals surface area contributed by atoms with E-state index in [4.69, 9.17) is 10.5 Å². The fourth-order valence-corrected chi connectivity index (χ4v) is 2.64. The molecule has 2 amide bonds. The number of nitrogens with one attached hydrogen (secondary N) is 1. The Morgan fingerprint density at radius 1 is 1.52 bits per heavy atom. The van der Waals surface area contributed by atoms with Crippen LogP contribution in [-0.2, 0) is 16.1 Å². The van der Waals surface area contributed by atoms with Gasteiger partial charge in [-0.15, -0.1) is 0 Å². The van der Waals surface area contributed by atoms with Crippen LogP contribution in [0.4, 0.5) is 0 Å². The molecular weight excluding hydrogens is 298 g/mol. The standard InChI is InChI=1S/C16H23N3O4/c1-11(19-7-6-16(22,10-19)15(17)21)14(20)18-9-12-4-3-5-13(8-12)23-2/h3-5,8,11,22H,6-7,9-10H2,1-2H3,(H2,17,21)(H,18,20)/t11-,16-/m0/s1. The van der Waals surface area contributed by atoms with Crippen LogP contribution in [-0.4, -0.2) is 53.7 Å². The summed E-state index contributed by atoms with van der Waals surface area (Å²) in [7, 11) is 1.59. The van der Waals surface area contributed by atoms with Crippen molar-refractivity contribution < 1.29 is 19.4 Å². The Morgan fingerprint density at radius 3 is 2.87 bits per heavy atom. The molecule has 0 unspecified atom stereocenters. The minimum Gasteiger partial charge on any atom is -0.497 e. The van der Waals surface area contributed by atoms with Crippen molar-refractivity contribution in [2.24, 2.45) is 5.73 Å². The predicted molar refractivity (Wildman–Crippen MR) is 84.6 cm³/mol. The van der Waals surface area contributed by atoms with E-state index in [-0.39, 0.29) is 18.9 Å². The number of rotatable bonds is 6. The second-order valence-electron chi connectivity index (χ2n) is 5.86. The summed E-state index contributed by atoms with van der Waals surface area (Å²) in [6.07, 6.45) is 0.246. The van der Waals surface area contributed by atoms with Crippen LogP contribution in [0.25, 0.3) is 0 Å². The topological polar surface area (TPSA) is 105 Å².